The van der Waals surface area contributed by atoms with Crippen LogP contribution < -0.4 is 40.7 Å². The third kappa shape index (κ3) is 19.8. The van der Waals surface area contributed by atoms with Crippen molar-refractivity contribution in [2.75, 3.05) is 60.1 Å². The van der Waals surface area contributed by atoms with Gasteiger partial charge in [-0.2, -0.15) is 0 Å². The summed E-state index contributed by atoms with van der Waals surface area (Å²) < 4.78 is 21.8. The number of H-pyrrole nitrogens is 1. The number of esters is 1. The number of methoxy groups -OCH3 is 1. The number of allylic oxidation sites excluding steroid dienone is 11. The van der Waals surface area contributed by atoms with Crippen molar-refractivity contribution in [3.8, 4) is 11.5 Å². The number of aryl methyl sites for hydroxylation is 2. The number of nitrogens with one attached hydrogen (secondary N) is 5. The molecule has 0 saturated heterocycles. The monoisotopic (exact) mass is 1500 g/mol. The van der Waals surface area contributed by atoms with Crippen molar-refractivity contribution < 1.29 is 53.7 Å². The standard InChI is InChI=1S/C83H87N19O9/c1-100-39-29-51(30-40-100)74-61-21-23-63(94-61)75(52-31-41-101(2)42-32-52)65-25-27-67(96-65)77(68-28-26-66(97-68)76(64-24-22-62(74)95-64)53-33-43-102(3)44-34-53)54-45-55(47-56(46-54)111-50-73(105)99-70(81(108)109-4)20-14-38-91-83(86)87)110-49-72(104)98-69(19-13-37-90-82(84)85)79(106)92-48-71(103)88-35-11-5-6-12-36-89-80(107)78-57-15-7-9-17-59(57)93-60-18-10-8-16-58(60)78/h7-10,15-18,21-34,39-47,69-70H,5-6,11-14,19-20,35-38,48-50H2,1-4H3,(H12-2,84,85,86,87,88,89,90,91,92,94,95,96,97,98,99,103,104,105,106,107)/p+2/t69-,70-/m0/s1. The van der Waals surface area contributed by atoms with Gasteiger partial charge in [0.2, 0.25) is 29.5 Å². The molecule has 9 heterocycles. The smallest absolute Gasteiger partial charge is 0.330 e. The molecular formula is C83H89N19O9+2. The number of nitrogens with two attached hydrogens (primary N) is 2. The Kier molecular flexibility index (Phi) is 25.2. The lowest BCUT2D eigenvalue weighted by molar-refractivity contribution is -0.671. The fourth-order valence-electron chi connectivity index (χ4n) is 13.1. The SMILES string of the molecule is COC(=O)[C@H](CCCNC(=N)N)N=C(O)COc1cc(OCC(O)=N[C@@H](CCCNC(=N)N)C(O)=NCC(O)=NCCCCCCN=C(O)c2c3ccccc3nc3ccccc23)cc(C2=C3C=CC(=N3)C(=C3C=CN(C)C=C3)C3=NC(=C(c4cc[n+](C)cc4)C4=NC(=C(c5cc[n+](C)cc5)c5ccc2[nH]5)C=C4)C=C3)c1. The van der Waals surface area contributed by atoms with Crippen LogP contribution in [-0.4, -0.2) is 177 Å². The third-order valence-electron chi connectivity index (χ3n) is 18.5. The molecule has 0 spiro atoms. The van der Waals surface area contributed by atoms with Gasteiger partial charge < -0.3 is 71.7 Å². The van der Waals surface area contributed by atoms with Crippen LogP contribution in [0.15, 0.2) is 257 Å². The molecule has 5 aliphatic heterocycles. The van der Waals surface area contributed by atoms with Gasteiger partial charge >= 0.3 is 5.97 Å². The van der Waals surface area contributed by atoms with Gasteiger partial charge in [-0.1, -0.05) is 49.2 Å². The Morgan fingerprint density at radius 1 is 0.559 bits per heavy atom. The highest BCUT2D eigenvalue weighted by molar-refractivity contribution is 6.36. The molecule has 12 rings (SSSR count). The molecule has 0 amide bonds. The Morgan fingerprint density at radius 2 is 1.04 bits per heavy atom. The topological polar surface area (TPSA) is 408 Å². The molecule has 568 valence electrons. The van der Waals surface area contributed by atoms with Crippen molar-refractivity contribution in [1.29, 1.82) is 10.8 Å². The Balaban J connectivity index is 0.855. The zero-order chi connectivity index (χ0) is 77.9. The van der Waals surface area contributed by atoms with Crippen LogP contribution in [-0.2, 0) is 23.6 Å². The largest absolute Gasteiger partial charge is 0.495 e. The molecule has 0 unspecified atom stereocenters. The van der Waals surface area contributed by atoms with Crippen molar-refractivity contribution >= 4 is 103 Å². The number of carbonyl (C=O) groups excluding carboxylic acids is 1. The van der Waals surface area contributed by atoms with Crippen molar-refractivity contribution in [3.63, 3.8) is 0 Å². The van der Waals surface area contributed by atoms with E-state index in [-0.39, 0.29) is 74.2 Å². The minimum atomic E-state index is -1.16. The predicted octanol–water partition coefficient (Wildman–Crippen LogP) is 10.2. The van der Waals surface area contributed by atoms with Crippen LogP contribution in [0.5, 0.6) is 11.5 Å². The summed E-state index contributed by atoms with van der Waals surface area (Å²) in [5.41, 5.74) is 24.5. The first-order valence-corrected chi connectivity index (χ1v) is 36.4. The van der Waals surface area contributed by atoms with Crippen molar-refractivity contribution in [2.45, 2.75) is 63.5 Å². The number of benzene rings is 3. The number of aliphatic imine (C=N–C) groups is 8. The van der Waals surface area contributed by atoms with Gasteiger partial charge in [-0.15, -0.1) is 0 Å². The molecular weight excluding hydrogens is 1410 g/mol. The van der Waals surface area contributed by atoms with E-state index in [1.54, 1.807) is 12.1 Å². The van der Waals surface area contributed by atoms with Crippen LogP contribution in [0.4, 0.5) is 0 Å². The van der Waals surface area contributed by atoms with Crippen molar-refractivity contribution in [3.05, 3.63) is 251 Å². The molecule has 14 N–H and O–H groups in total. The van der Waals surface area contributed by atoms with Gasteiger partial charge in [0.1, 0.15) is 38.2 Å². The van der Waals surface area contributed by atoms with Crippen LogP contribution in [0.3, 0.4) is 0 Å². The molecule has 0 fully saturated rings. The molecule has 4 aromatic heterocycles. The molecule has 0 aliphatic carbocycles. The highest BCUT2D eigenvalue weighted by atomic mass is 16.5. The number of aromatic amines is 1. The number of fused-ring (bicyclic) bond motifs is 7. The van der Waals surface area contributed by atoms with E-state index in [9.17, 15) is 30.3 Å². The van der Waals surface area contributed by atoms with Gasteiger partial charge in [-0.05, 0) is 146 Å². The molecule has 2 atom stereocenters. The summed E-state index contributed by atoms with van der Waals surface area (Å²) in [6.07, 6.45) is 31.6. The predicted molar refractivity (Wildman–Crippen MR) is 435 cm³/mol. The molecule has 3 aromatic carbocycles. The van der Waals surface area contributed by atoms with E-state index in [1.165, 1.54) is 13.2 Å². The Bertz CT molecular complexity index is 5220. The van der Waals surface area contributed by atoms with E-state index in [0.717, 1.165) is 68.1 Å². The second kappa shape index (κ2) is 36.3. The number of ether oxygens (including phenoxy) is 3. The number of para-hydroxylation sites is 2. The van der Waals surface area contributed by atoms with E-state index in [4.69, 9.17) is 56.5 Å². The molecule has 111 heavy (non-hydrogen) atoms. The fourth-order valence-corrected chi connectivity index (χ4v) is 13.1. The number of unbranched alkanes of at least 4 members (excludes halogenated alkanes) is 3. The number of aromatic nitrogens is 4. The van der Waals surface area contributed by atoms with Crippen LogP contribution >= 0.6 is 0 Å². The quantitative estimate of drug-likeness (QED) is 0.00480. The summed E-state index contributed by atoms with van der Waals surface area (Å²) in [4.78, 5) is 61.6. The van der Waals surface area contributed by atoms with Crippen LogP contribution in [0.2, 0.25) is 0 Å². The average molecular weight is 1500 g/mol. The zero-order valence-corrected chi connectivity index (χ0v) is 62.0. The average Bonchev–Trinajstić information content (AvgIpc) is 1.60. The number of aliphatic hydroxyl groups excluding tert-OH is 5. The van der Waals surface area contributed by atoms with Crippen LogP contribution in [0.1, 0.15) is 85.0 Å². The first-order chi connectivity index (χ1) is 53.8. The zero-order valence-electron chi connectivity index (χ0n) is 62.0. The lowest BCUT2D eigenvalue weighted by Gasteiger charge is -2.17. The van der Waals surface area contributed by atoms with E-state index in [1.807, 2.05) is 194 Å². The highest BCUT2D eigenvalue weighted by Crippen LogP contribution is 2.40. The molecule has 8 bridgehead atoms. The molecule has 7 aromatic rings. The fraction of sp³-hybridized carbons (Fsp3) is 0.253. The number of rotatable bonds is 31. The number of guanidine groups is 2. The molecule has 0 saturated carbocycles. The van der Waals surface area contributed by atoms with Gasteiger partial charge in [0.25, 0.3) is 0 Å². The van der Waals surface area contributed by atoms with E-state index in [0.29, 0.717) is 94.5 Å². The number of hydrogen-bond donors (Lipinski definition) is 12. The van der Waals surface area contributed by atoms with Gasteiger partial charge in [0.05, 0.1) is 57.9 Å². The van der Waals surface area contributed by atoms with Crippen molar-refractivity contribution in [1.82, 2.24) is 25.5 Å². The normalized spacial score (nSPS) is 15.8. The number of nitrogens with zero attached hydrogens (tertiary/aromatic N) is 12. The van der Waals surface area contributed by atoms with Gasteiger partial charge in [-0.25, -0.2) is 48.9 Å². The maximum atomic E-state index is 13.0. The van der Waals surface area contributed by atoms with E-state index in [2.05, 4.69) is 52.7 Å². The highest BCUT2D eigenvalue weighted by Gasteiger charge is 2.29. The maximum Gasteiger partial charge on any atom is 0.330 e. The van der Waals surface area contributed by atoms with Gasteiger partial charge in [0, 0.05) is 120 Å². The third-order valence-corrected chi connectivity index (χ3v) is 18.5. The Labute approximate surface area is 641 Å². The van der Waals surface area contributed by atoms with Crippen LogP contribution in [0, 0.1) is 10.8 Å². The second-order valence-electron chi connectivity index (χ2n) is 26.7. The van der Waals surface area contributed by atoms with Gasteiger partial charge in [-0.3, -0.25) is 20.8 Å². The summed E-state index contributed by atoms with van der Waals surface area (Å²) in [5, 5.41) is 79.2. The summed E-state index contributed by atoms with van der Waals surface area (Å²) in [6, 6.07) is 30.2. The number of carbonyl (C=O) groups is 1. The van der Waals surface area contributed by atoms with E-state index >= 15 is 0 Å². The molecule has 28 nitrogen and oxygen atoms in total. The summed E-state index contributed by atoms with van der Waals surface area (Å²) >= 11 is 0. The molecule has 5 aliphatic rings. The maximum absolute atomic E-state index is 13.0. The summed E-state index contributed by atoms with van der Waals surface area (Å²) in [6.45, 7) is -0.295. The number of aliphatic hydroxyl groups is 5. The Hall–Kier alpha value is -13.7. The number of hydrogen-bond acceptors (Lipinski definition) is 16. The Morgan fingerprint density at radius 3 is 1.57 bits per heavy atom. The molecule has 28 heteroatoms. The first kappa shape index (κ1) is 77.0. The first-order valence-electron chi connectivity index (χ1n) is 36.4. The lowest BCUT2D eigenvalue weighted by Crippen LogP contribution is -2.32. The molecule has 0 radical (unpaired) electrons. The summed E-state index contributed by atoms with van der Waals surface area (Å²) in [5.74, 6) is -2.88. The van der Waals surface area contributed by atoms with Crippen LogP contribution in [0.25, 0.3) is 38.5 Å². The number of pyridine rings is 3. The second-order valence-corrected chi connectivity index (χ2v) is 26.7. The van der Waals surface area contributed by atoms with Gasteiger partial charge in [0.15, 0.2) is 56.0 Å². The van der Waals surface area contributed by atoms with Crippen molar-refractivity contribution in [2.24, 2.45) is 65.5 Å². The van der Waals surface area contributed by atoms with E-state index < -0.39 is 49.0 Å². The summed E-state index contributed by atoms with van der Waals surface area (Å²) in [7, 11) is 7.09. The lowest BCUT2D eigenvalue weighted by atomic mass is 9.97. The minimum absolute atomic E-state index is 0.0393. The minimum Gasteiger partial charge on any atom is -0.495 e.